The number of amides is 1. The van der Waals surface area contributed by atoms with Gasteiger partial charge in [0, 0.05) is 31.7 Å². The lowest BCUT2D eigenvalue weighted by molar-refractivity contribution is 0.0298. The quantitative estimate of drug-likeness (QED) is 0.915. The van der Waals surface area contributed by atoms with Gasteiger partial charge in [-0.15, -0.1) is 0 Å². The lowest BCUT2D eigenvalue weighted by atomic mass is 10.0. The highest BCUT2D eigenvalue weighted by Crippen LogP contribution is 2.23. The van der Waals surface area contributed by atoms with Crippen LogP contribution in [0.25, 0.3) is 0 Å². The molecule has 2 aliphatic rings. The predicted octanol–water partition coefficient (Wildman–Crippen LogP) is 1.03. The number of carbonyl (C=O) groups is 1. The van der Waals surface area contributed by atoms with Crippen LogP contribution in [0.5, 0.6) is 0 Å². The number of hydrogen-bond donors (Lipinski definition) is 1. The molecule has 122 valence electrons. The van der Waals surface area contributed by atoms with Crippen LogP contribution in [0.2, 0.25) is 0 Å². The molecular weight excluding hydrogens is 296 g/mol. The number of H-pyrrole nitrogens is 1. The van der Waals surface area contributed by atoms with Crippen molar-refractivity contribution >= 4 is 5.91 Å². The van der Waals surface area contributed by atoms with Gasteiger partial charge in [-0.05, 0) is 18.6 Å². The highest BCUT2D eigenvalue weighted by atomic mass is 16.5. The molecule has 1 N–H and O–H groups in total. The molecule has 0 aromatic carbocycles. The van der Waals surface area contributed by atoms with Crippen molar-refractivity contribution in [3.63, 3.8) is 0 Å². The molecule has 2 aromatic rings. The van der Waals surface area contributed by atoms with Crippen LogP contribution < -0.4 is 0 Å². The first-order valence-electron chi connectivity index (χ1n) is 7.99. The summed E-state index contributed by atoms with van der Waals surface area (Å²) < 4.78 is 10.7. The van der Waals surface area contributed by atoms with E-state index >= 15 is 0 Å². The van der Waals surface area contributed by atoms with Gasteiger partial charge in [0.15, 0.2) is 5.69 Å². The number of nitrogens with zero attached hydrogens (tertiary/aromatic N) is 3. The van der Waals surface area contributed by atoms with Crippen molar-refractivity contribution in [2.45, 2.75) is 19.5 Å². The molecule has 0 bridgehead atoms. The number of rotatable bonds is 3. The minimum absolute atomic E-state index is 0.0188. The average Bonchev–Trinajstić information content (AvgIpc) is 3.24. The summed E-state index contributed by atoms with van der Waals surface area (Å²) in [7, 11) is 0. The topological polar surface area (TPSA) is 74.6 Å². The van der Waals surface area contributed by atoms with Gasteiger partial charge in [0.2, 0.25) is 0 Å². The van der Waals surface area contributed by atoms with Gasteiger partial charge in [0.1, 0.15) is 5.76 Å². The second-order valence-electron chi connectivity index (χ2n) is 5.97. The third kappa shape index (κ3) is 2.89. The second kappa shape index (κ2) is 6.17. The highest BCUT2D eigenvalue weighted by molar-refractivity contribution is 5.94. The first-order chi connectivity index (χ1) is 11.3. The van der Waals surface area contributed by atoms with E-state index in [-0.39, 0.29) is 5.91 Å². The number of nitrogens with one attached hydrogen (secondary N) is 1. The molecule has 0 aliphatic carbocycles. The molecule has 0 saturated carbocycles. The highest BCUT2D eigenvalue weighted by Gasteiger charge is 2.28. The smallest absolute Gasteiger partial charge is 0.274 e. The van der Waals surface area contributed by atoms with Crippen molar-refractivity contribution in [3.05, 3.63) is 41.1 Å². The zero-order valence-electron chi connectivity index (χ0n) is 13.0. The largest absolute Gasteiger partial charge is 0.468 e. The van der Waals surface area contributed by atoms with Crippen LogP contribution in [0.3, 0.4) is 0 Å². The summed E-state index contributed by atoms with van der Waals surface area (Å²) in [6, 6.07) is 3.88. The zero-order valence-corrected chi connectivity index (χ0v) is 13.0. The lowest BCUT2D eigenvalue weighted by Gasteiger charge is -2.28. The standard InChI is InChI=1S/C16H20N4O3/c21-16(20-5-8-22-9-6-20)15-13-3-4-19(11-14(13)17-18-15)10-12-2-1-7-23-12/h1-2,7H,3-6,8-11H2,(H,17,18). The number of fused-ring (bicyclic) bond motifs is 1. The Balaban J connectivity index is 1.47. The number of carbonyl (C=O) groups excluding carboxylic acids is 1. The van der Waals surface area contributed by atoms with Gasteiger partial charge in [-0.25, -0.2) is 0 Å². The van der Waals surface area contributed by atoms with Gasteiger partial charge in [0.05, 0.1) is 31.7 Å². The van der Waals surface area contributed by atoms with E-state index in [0.29, 0.717) is 32.0 Å². The molecule has 7 nitrogen and oxygen atoms in total. The maximum atomic E-state index is 12.6. The second-order valence-corrected chi connectivity index (χ2v) is 5.97. The molecule has 7 heteroatoms. The zero-order chi connectivity index (χ0) is 15.6. The van der Waals surface area contributed by atoms with Gasteiger partial charge in [-0.3, -0.25) is 14.8 Å². The Bertz CT molecular complexity index is 674. The van der Waals surface area contributed by atoms with Crippen LogP contribution in [0, 0.1) is 0 Å². The van der Waals surface area contributed by atoms with Crippen molar-refractivity contribution < 1.29 is 13.9 Å². The first kappa shape index (κ1) is 14.5. The van der Waals surface area contributed by atoms with Gasteiger partial charge in [-0.1, -0.05) is 0 Å². The van der Waals surface area contributed by atoms with E-state index in [2.05, 4.69) is 15.1 Å². The van der Waals surface area contributed by atoms with E-state index in [0.717, 1.165) is 43.1 Å². The van der Waals surface area contributed by atoms with Crippen LogP contribution in [0.15, 0.2) is 22.8 Å². The van der Waals surface area contributed by atoms with Crippen molar-refractivity contribution in [1.82, 2.24) is 20.0 Å². The predicted molar refractivity (Wildman–Crippen MR) is 81.8 cm³/mol. The summed E-state index contributed by atoms with van der Waals surface area (Å²) in [6.45, 7) is 4.94. The normalized spacial score (nSPS) is 18.9. The molecule has 4 rings (SSSR count). The molecule has 0 radical (unpaired) electrons. The molecule has 23 heavy (non-hydrogen) atoms. The monoisotopic (exact) mass is 316 g/mol. The summed E-state index contributed by atoms with van der Waals surface area (Å²) in [5.74, 6) is 0.975. The summed E-state index contributed by atoms with van der Waals surface area (Å²) in [5, 5.41) is 7.35. The van der Waals surface area contributed by atoms with Crippen LogP contribution in [0.4, 0.5) is 0 Å². The Morgan fingerprint density at radius 1 is 1.30 bits per heavy atom. The minimum atomic E-state index is 0.0188. The van der Waals surface area contributed by atoms with Crippen molar-refractivity contribution in [2.75, 3.05) is 32.8 Å². The first-order valence-corrected chi connectivity index (χ1v) is 7.99. The average molecular weight is 316 g/mol. The molecule has 0 spiro atoms. The van der Waals surface area contributed by atoms with E-state index in [1.807, 2.05) is 17.0 Å². The fraction of sp³-hybridized carbons (Fsp3) is 0.500. The number of furan rings is 1. The molecule has 0 atom stereocenters. The SMILES string of the molecule is O=C(c1n[nH]c2c1CCN(Cc1ccco1)C2)N1CCOCC1. The Labute approximate surface area is 134 Å². The lowest BCUT2D eigenvalue weighted by Crippen LogP contribution is -2.41. The van der Waals surface area contributed by atoms with Crippen LogP contribution in [-0.4, -0.2) is 58.8 Å². The summed E-state index contributed by atoms with van der Waals surface area (Å²) in [4.78, 5) is 16.8. The number of aromatic amines is 1. The maximum absolute atomic E-state index is 12.6. The number of ether oxygens (including phenoxy) is 1. The Hall–Kier alpha value is -2.12. The number of aromatic nitrogens is 2. The van der Waals surface area contributed by atoms with Crippen molar-refractivity contribution in [3.8, 4) is 0 Å². The van der Waals surface area contributed by atoms with E-state index in [4.69, 9.17) is 9.15 Å². The Morgan fingerprint density at radius 2 is 2.17 bits per heavy atom. The molecule has 1 amide bonds. The van der Waals surface area contributed by atoms with Gasteiger partial charge < -0.3 is 14.1 Å². The van der Waals surface area contributed by atoms with E-state index in [1.54, 1.807) is 6.26 Å². The maximum Gasteiger partial charge on any atom is 0.274 e. The molecule has 1 saturated heterocycles. The van der Waals surface area contributed by atoms with Crippen LogP contribution in [0.1, 0.15) is 27.5 Å². The number of morpholine rings is 1. The summed E-state index contributed by atoms with van der Waals surface area (Å²) >= 11 is 0. The third-order valence-corrected chi connectivity index (χ3v) is 4.47. The van der Waals surface area contributed by atoms with Gasteiger partial charge in [-0.2, -0.15) is 5.10 Å². The van der Waals surface area contributed by atoms with Crippen LogP contribution >= 0.6 is 0 Å². The fourth-order valence-electron chi connectivity index (χ4n) is 3.22. The van der Waals surface area contributed by atoms with Gasteiger partial charge >= 0.3 is 0 Å². The number of hydrogen-bond acceptors (Lipinski definition) is 5. The molecule has 2 aromatic heterocycles. The van der Waals surface area contributed by atoms with Crippen molar-refractivity contribution in [1.29, 1.82) is 0 Å². The molecule has 4 heterocycles. The Kier molecular flexibility index (Phi) is 3.88. The molecule has 0 unspecified atom stereocenters. The summed E-state index contributed by atoms with van der Waals surface area (Å²) in [5.41, 5.74) is 2.69. The van der Waals surface area contributed by atoms with E-state index < -0.39 is 0 Å². The minimum Gasteiger partial charge on any atom is -0.468 e. The third-order valence-electron chi connectivity index (χ3n) is 4.47. The summed E-state index contributed by atoms with van der Waals surface area (Å²) in [6.07, 6.45) is 2.53. The van der Waals surface area contributed by atoms with Crippen molar-refractivity contribution in [2.24, 2.45) is 0 Å². The van der Waals surface area contributed by atoms with E-state index in [1.165, 1.54) is 0 Å². The molecular formula is C16H20N4O3. The van der Waals surface area contributed by atoms with E-state index in [9.17, 15) is 4.79 Å². The van der Waals surface area contributed by atoms with Gasteiger partial charge in [0.25, 0.3) is 5.91 Å². The Morgan fingerprint density at radius 3 is 2.96 bits per heavy atom. The molecule has 2 aliphatic heterocycles. The fourth-order valence-corrected chi connectivity index (χ4v) is 3.22. The van der Waals surface area contributed by atoms with Crippen LogP contribution in [-0.2, 0) is 24.2 Å². The molecule has 1 fully saturated rings.